The summed E-state index contributed by atoms with van der Waals surface area (Å²) in [4.78, 5) is 12.6. The van der Waals surface area contributed by atoms with Gasteiger partial charge in [-0.3, -0.25) is 9.10 Å². The third-order valence-corrected chi connectivity index (χ3v) is 7.62. The molecule has 6 heteroatoms. The number of amides is 1. The van der Waals surface area contributed by atoms with Gasteiger partial charge in [-0.2, -0.15) is 0 Å². The number of hydrogen-bond acceptors (Lipinski definition) is 3. The van der Waals surface area contributed by atoms with E-state index in [9.17, 15) is 13.2 Å². The Hall–Kier alpha value is -3.90. The highest BCUT2D eigenvalue weighted by Crippen LogP contribution is 2.32. The van der Waals surface area contributed by atoms with Crippen LogP contribution in [-0.2, 0) is 21.2 Å². The van der Waals surface area contributed by atoms with Crippen molar-refractivity contribution in [3.8, 4) is 0 Å². The Labute approximate surface area is 193 Å². The summed E-state index contributed by atoms with van der Waals surface area (Å²) in [6.07, 6.45) is 3.96. The van der Waals surface area contributed by atoms with Gasteiger partial charge in [0.15, 0.2) is 0 Å². The smallest absolute Gasteiger partial charge is 0.264 e. The number of carbonyl (C=O) groups is 1. The lowest BCUT2D eigenvalue weighted by Gasteiger charge is -2.19. The lowest BCUT2D eigenvalue weighted by Crippen LogP contribution is -2.29. The highest BCUT2D eigenvalue weighted by molar-refractivity contribution is 7.92. The zero-order chi connectivity index (χ0) is 22.8. The Morgan fingerprint density at radius 2 is 1.58 bits per heavy atom. The van der Waals surface area contributed by atoms with Crippen LogP contribution in [0.2, 0.25) is 0 Å². The lowest BCUT2D eigenvalue weighted by molar-refractivity contribution is -0.111. The number of hydrogen-bond donors (Lipinski definition) is 1. The summed E-state index contributed by atoms with van der Waals surface area (Å²) in [7, 11) is -3.66. The normalized spacial score (nSPS) is 13.4. The second kappa shape index (κ2) is 8.56. The molecule has 1 amide bonds. The van der Waals surface area contributed by atoms with Crippen LogP contribution in [0.25, 0.3) is 16.8 Å². The molecule has 0 saturated heterocycles. The third kappa shape index (κ3) is 4.13. The first-order valence-electron chi connectivity index (χ1n) is 10.7. The number of nitrogens with zero attached hydrogens (tertiary/aromatic N) is 1. The number of anilines is 2. The standard InChI is InChI=1S/C27H22N2O3S/c30-27(17-12-21-9-5-8-20-6-1-3-10-25(20)21)28-23-13-15-24(16-14-23)33(31,32)29-19-18-22-7-2-4-11-26(22)29/h1-17H,18-19H2,(H,28,30)/b17-12+. The summed E-state index contributed by atoms with van der Waals surface area (Å²) < 4.78 is 27.7. The molecule has 1 aliphatic rings. The molecule has 0 fully saturated rings. The second-order valence-corrected chi connectivity index (χ2v) is 9.73. The summed E-state index contributed by atoms with van der Waals surface area (Å²) in [5.41, 5.74) is 3.25. The molecule has 33 heavy (non-hydrogen) atoms. The lowest BCUT2D eigenvalue weighted by atomic mass is 10.0. The summed E-state index contributed by atoms with van der Waals surface area (Å²) >= 11 is 0. The molecular weight excluding hydrogens is 432 g/mol. The fourth-order valence-corrected chi connectivity index (χ4v) is 5.64. The number of fused-ring (bicyclic) bond motifs is 2. The maximum Gasteiger partial charge on any atom is 0.264 e. The molecule has 1 N–H and O–H groups in total. The Kier molecular flexibility index (Phi) is 5.44. The van der Waals surface area contributed by atoms with Crippen LogP contribution in [0.4, 0.5) is 11.4 Å². The SMILES string of the molecule is O=C(/C=C/c1cccc2ccccc12)Nc1ccc(S(=O)(=O)N2CCc3ccccc32)cc1. The first-order chi connectivity index (χ1) is 16.0. The molecule has 0 aliphatic carbocycles. The molecule has 0 unspecified atom stereocenters. The van der Waals surface area contributed by atoms with Crippen molar-refractivity contribution in [2.24, 2.45) is 0 Å². The minimum absolute atomic E-state index is 0.198. The van der Waals surface area contributed by atoms with Crippen molar-refractivity contribution in [1.82, 2.24) is 0 Å². The highest BCUT2D eigenvalue weighted by atomic mass is 32.2. The largest absolute Gasteiger partial charge is 0.323 e. The minimum atomic E-state index is -3.66. The van der Waals surface area contributed by atoms with Gasteiger partial charge in [-0.15, -0.1) is 0 Å². The van der Waals surface area contributed by atoms with Gasteiger partial charge >= 0.3 is 0 Å². The van der Waals surface area contributed by atoms with Gasteiger partial charge in [0, 0.05) is 18.3 Å². The van der Waals surface area contributed by atoms with Gasteiger partial charge in [-0.25, -0.2) is 8.42 Å². The quantitative estimate of drug-likeness (QED) is 0.419. The average Bonchev–Trinajstić information content (AvgIpc) is 3.28. The molecule has 0 radical (unpaired) electrons. The molecule has 0 saturated carbocycles. The Morgan fingerprint density at radius 3 is 2.42 bits per heavy atom. The summed E-state index contributed by atoms with van der Waals surface area (Å²) in [5, 5.41) is 4.97. The van der Waals surface area contributed by atoms with Crippen molar-refractivity contribution in [2.45, 2.75) is 11.3 Å². The molecule has 0 spiro atoms. The number of benzene rings is 4. The van der Waals surface area contributed by atoms with Crippen molar-refractivity contribution in [1.29, 1.82) is 0 Å². The molecule has 5 rings (SSSR count). The molecule has 4 aromatic rings. The van der Waals surface area contributed by atoms with Gasteiger partial charge in [0.2, 0.25) is 5.91 Å². The Bertz CT molecular complexity index is 1470. The molecule has 0 bridgehead atoms. The zero-order valence-corrected chi connectivity index (χ0v) is 18.6. The van der Waals surface area contributed by atoms with E-state index in [1.165, 1.54) is 22.5 Å². The van der Waals surface area contributed by atoms with Crippen LogP contribution in [0.15, 0.2) is 102 Å². The topological polar surface area (TPSA) is 66.5 Å². The number of sulfonamides is 1. The predicted molar refractivity (Wildman–Crippen MR) is 133 cm³/mol. The summed E-state index contributed by atoms with van der Waals surface area (Å²) in [6, 6.07) is 27.8. The van der Waals surface area contributed by atoms with Crippen LogP contribution in [0.5, 0.6) is 0 Å². The van der Waals surface area contributed by atoms with Crippen LogP contribution < -0.4 is 9.62 Å². The zero-order valence-electron chi connectivity index (χ0n) is 17.8. The first kappa shape index (κ1) is 21.0. The van der Waals surface area contributed by atoms with E-state index in [-0.39, 0.29) is 10.8 Å². The van der Waals surface area contributed by atoms with Crippen LogP contribution in [0.1, 0.15) is 11.1 Å². The maximum atomic E-state index is 13.1. The fraction of sp³-hybridized carbons (Fsp3) is 0.0741. The molecule has 164 valence electrons. The number of para-hydroxylation sites is 1. The van der Waals surface area contributed by atoms with Crippen molar-refractivity contribution in [3.63, 3.8) is 0 Å². The molecular formula is C27H22N2O3S. The fourth-order valence-electron chi connectivity index (χ4n) is 4.14. The molecule has 5 nitrogen and oxygen atoms in total. The van der Waals surface area contributed by atoms with E-state index in [0.717, 1.165) is 27.6 Å². The van der Waals surface area contributed by atoms with Gasteiger partial charge in [-0.1, -0.05) is 60.7 Å². The van der Waals surface area contributed by atoms with Crippen LogP contribution in [0, 0.1) is 0 Å². The molecule has 0 atom stereocenters. The number of rotatable bonds is 5. The van der Waals surface area contributed by atoms with Crippen LogP contribution >= 0.6 is 0 Å². The van der Waals surface area contributed by atoms with Crippen molar-refractivity contribution in [3.05, 3.63) is 108 Å². The van der Waals surface area contributed by atoms with Crippen molar-refractivity contribution < 1.29 is 13.2 Å². The van der Waals surface area contributed by atoms with Crippen LogP contribution in [-0.4, -0.2) is 20.9 Å². The van der Waals surface area contributed by atoms with E-state index in [1.54, 1.807) is 18.2 Å². The predicted octanol–water partition coefficient (Wildman–Crippen LogP) is 5.24. The van der Waals surface area contributed by atoms with Crippen molar-refractivity contribution >= 4 is 44.2 Å². The highest BCUT2D eigenvalue weighted by Gasteiger charge is 2.30. The minimum Gasteiger partial charge on any atom is -0.323 e. The molecule has 0 aromatic heterocycles. The van der Waals surface area contributed by atoms with E-state index in [4.69, 9.17) is 0 Å². The molecule has 1 aliphatic heterocycles. The van der Waals surface area contributed by atoms with E-state index in [2.05, 4.69) is 5.32 Å². The second-order valence-electron chi connectivity index (χ2n) is 7.87. The Morgan fingerprint density at radius 1 is 0.848 bits per heavy atom. The van der Waals surface area contributed by atoms with E-state index < -0.39 is 10.0 Å². The van der Waals surface area contributed by atoms with E-state index >= 15 is 0 Å². The molecule has 4 aromatic carbocycles. The number of nitrogens with one attached hydrogen (secondary N) is 1. The van der Waals surface area contributed by atoms with Gasteiger partial charge in [-0.05, 0) is 64.7 Å². The van der Waals surface area contributed by atoms with Crippen LogP contribution in [0.3, 0.4) is 0 Å². The van der Waals surface area contributed by atoms with Crippen molar-refractivity contribution in [2.75, 3.05) is 16.2 Å². The third-order valence-electron chi connectivity index (χ3n) is 5.79. The van der Waals surface area contributed by atoms with E-state index in [0.29, 0.717) is 18.7 Å². The molecule has 1 heterocycles. The van der Waals surface area contributed by atoms with Gasteiger partial charge in [0.25, 0.3) is 10.0 Å². The van der Waals surface area contributed by atoms with Gasteiger partial charge in [0.1, 0.15) is 0 Å². The van der Waals surface area contributed by atoms with Gasteiger partial charge < -0.3 is 5.32 Å². The number of carbonyl (C=O) groups excluding carboxylic acids is 1. The van der Waals surface area contributed by atoms with E-state index in [1.807, 2.05) is 66.7 Å². The average molecular weight is 455 g/mol. The Balaban J connectivity index is 1.30. The summed E-state index contributed by atoms with van der Waals surface area (Å²) in [5.74, 6) is -0.285. The van der Waals surface area contributed by atoms with Gasteiger partial charge in [0.05, 0.1) is 10.6 Å². The monoisotopic (exact) mass is 454 g/mol. The first-order valence-corrected chi connectivity index (χ1v) is 12.1. The summed E-state index contributed by atoms with van der Waals surface area (Å²) in [6.45, 7) is 0.430. The maximum absolute atomic E-state index is 13.1.